The molecule has 0 unspecified atom stereocenters. The van der Waals surface area contributed by atoms with E-state index >= 15 is 0 Å². The lowest BCUT2D eigenvalue weighted by Gasteiger charge is -2.09. The summed E-state index contributed by atoms with van der Waals surface area (Å²) in [6.07, 6.45) is 1.08. The number of fused-ring (bicyclic) bond motifs is 1. The van der Waals surface area contributed by atoms with Crippen LogP contribution in [0.5, 0.6) is 0 Å². The van der Waals surface area contributed by atoms with Crippen molar-refractivity contribution >= 4 is 17.6 Å². The van der Waals surface area contributed by atoms with Crippen molar-refractivity contribution < 1.29 is 0 Å². The van der Waals surface area contributed by atoms with Crippen LogP contribution in [-0.4, -0.2) is 15.5 Å². The summed E-state index contributed by atoms with van der Waals surface area (Å²) in [6.45, 7) is 4.23. The Hall–Kier alpha value is -0.640. The predicted molar refractivity (Wildman–Crippen MR) is 56.9 cm³/mol. The number of aromatic nitrogens is 2. The molecule has 2 heterocycles. The molecular weight excluding hydrogens is 182 g/mol. The molecular formula is C9H15N3S. The molecule has 0 spiro atoms. The fraction of sp³-hybridized carbons (Fsp3) is 0.667. The van der Waals surface area contributed by atoms with E-state index in [9.17, 15) is 0 Å². The summed E-state index contributed by atoms with van der Waals surface area (Å²) in [6, 6.07) is 0.371. The van der Waals surface area contributed by atoms with Gasteiger partial charge in [-0.1, -0.05) is 0 Å². The molecule has 0 bridgehead atoms. The standard InChI is InChI=1S/C9H15N3S/c1-6(2)12-9(10)7-3-4-13-5-8(7)11-12/h6H,3-5,10H2,1-2H3. The van der Waals surface area contributed by atoms with Crippen LogP contribution >= 0.6 is 11.8 Å². The summed E-state index contributed by atoms with van der Waals surface area (Å²) in [5.74, 6) is 3.09. The Morgan fingerprint density at radius 3 is 2.92 bits per heavy atom. The number of anilines is 1. The van der Waals surface area contributed by atoms with Gasteiger partial charge in [0, 0.05) is 17.4 Å². The molecule has 2 rings (SSSR count). The van der Waals surface area contributed by atoms with E-state index in [0.29, 0.717) is 6.04 Å². The van der Waals surface area contributed by atoms with Crippen molar-refractivity contribution in [2.75, 3.05) is 11.5 Å². The zero-order valence-electron chi connectivity index (χ0n) is 8.08. The molecule has 0 aliphatic carbocycles. The molecule has 0 fully saturated rings. The Morgan fingerprint density at radius 2 is 2.31 bits per heavy atom. The number of nitrogens with zero attached hydrogens (tertiary/aromatic N) is 2. The van der Waals surface area contributed by atoms with Gasteiger partial charge in [0.25, 0.3) is 0 Å². The van der Waals surface area contributed by atoms with Crippen LogP contribution in [0.2, 0.25) is 0 Å². The van der Waals surface area contributed by atoms with Crippen molar-refractivity contribution in [3.63, 3.8) is 0 Å². The van der Waals surface area contributed by atoms with Gasteiger partial charge in [0.15, 0.2) is 0 Å². The summed E-state index contributed by atoms with van der Waals surface area (Å²) >= 11 is 1.94. The molecule has 1 aromatic rings. The largest absolute Gasteiger partial charge is 0.384 e. The van der Waals surface area contributed by atoms with Crippen LogP contribution in [0.15, 0.2) is 0 Å². The maximum absolute atomic E-state index is 6.02. The maximum atomic E-state index is 6.02. The van der Waals surface area contributed by atoms with Crippen molar-refractivity contribution in [2.24, 2.45) is 0 Å². The van der Waals surface area contributed by atoms with E-state index in [1.807, 2.05) is 16.4 Å². The topological polar surface area (TPSA) is 43.8 Å². The average Bonchev–Trinajstić information content (AvgIpc) is 2.45. The highest BCUT2D eigenvalue weighted by Crippen LogP contribution is 2.29. The third-order valence-corrected chi connectivity index (χ3v) is 3.33. The predicted octanol–water partition coefficient (Wildman–Crippen LogP) is 1.84. The number of rotatable bonds is 1. The van der Waals surface area contributed by atoms with Crippen molar-refractivity contribution in [2.45, 2.75) is 32.1 Å². The molecule has 3 nitrogen and oxygen atoms in total. The molecule has 0 radical (unpaired) electrons. The number of nitrogen functional groups attached to an aromatic ring is 1. The van der Waals surface area contributed by atoms with Gasteiger partial charge in [-0.25, -0.2) is 4.68 Å². The molecule has 2 N–H and O–H groups in total. The van der Waals surface area contributed by atoms with Gasteiger partial charge in [0.2, 0.25) is 0 Å². The van der Waals surface area contributed by atoms with Gasteiger partial charge < -0.3 is 5.73 Å². The molecule has 1 aliphatic heterocycles. The third-order valence-electron chi connectivity index (χ3n) is 2.36. The van der Waals surface area contributed by atoms with Crippen LogP contribution in [-0.2, 0) is 12.2 Å². The fourth-order valence-electron chi connectivity index (χ4n) is 1.66. The van der Waals surface area contributed by atoms with Crippen molar-refractivity contribution in [3.8, 4) is 0 Å². The van der Waals surface area contributed by atoms with Crippen LogP contribution < -0.4 is 5.73 Å². The van der Waals surface area contributed by atoms with Crippen LogP contribution in [0.3, 0.4) is 0 Å². The molecule has 0 amide bonds. The second-order valence-corrected chi connectivity index (χ2v) is 4.76. The molecule has 0 atom stereocenters. The summed E-state index contributed by atoms with van der Waals surface area (Å²) in [7, 11) is 0. The van der Waals surface area contributed by atoms with Gasteiger partial charge in [0.05, 0.1) is 5.69 Å². The number of thioether (sulfide) groups is 1. The SMILES string of the molecule is CC(C)n1nc2c(c1N)CCSC2. The minimum absolute atomic E-state index is 0.371. The first-order chi connectivity index (χ1) is 6.20. The maximum Gasteiger partial charge on any atom is 0.125 e. The van der Waals surface area contributed by atoms with Gasteiger partial charge >= 0.3 is 0 Å². The molecule has 0 saturated heterocycles. The molecule has 4 heteroatoms. The van der Waals surface area contributed by atoms with Gasteiger partial charge in [-0.3, -0.25) is 0 Å². The Labute approximate surface area is 82.7 Å². The number of nitrogens with two attached hydrogens (primary N) is 1. The molecule has 0 aromatic carbocycles. The Kier molecular flexibility index (Phi) is 2.24. The summed E-state index contributed by atoms with van der Waals surface area (Å²) in [4.78, 5) is 0. The lowest BCUT2D eigenvalue weighted by atomic mass is 10.2. The minimum Gasteiger partial charge on any atom is -0.384 e. The average molecular weight is 197 g/mol. The summed E-state index contributed by atoms with van der Waals surface area (Å²) in [5.41, 5.74) is 8.50. The van der Waals surface area contributed by atoms with Crippen molar-refractivity contribution in [3.05, 3.63) is 11.3 Å². The second-order valence-electron chi connectivity index (χ2n) is 3.65. The summed E-state index contributed by atoms with van der Waals surface area (Å²) < 4.78 is 1.94. The number of hydrogen-bond acceptors (Lipinski definition) is 3. The first-order valence-corrected chi connectivity index (χ1v) is 5.79. The fourth-order valence-corrected chi connectivity index (χ4v) is 2.57. The highest BCUT2D eigenvalue weighted by molar-refractivity contribution is 7.98. The van der Waals surface area contributed by atoms with Crippen molar-refractivity contribution in [1.82, 2.24) is 9.78 Å². The normalized spacial score (nSPS) is 16.2. The van der Waals surface area contributed by atoms with E-state index in [1.165, 1.54) is 17.0 Å². The van der Waals surface area contributed by atoms with Crippen LogP contribution in [0.1, 0.15) is 31.1 Å². The van der Waals surface area contributed by atoms with E-state index in [0.717, 1.165) is 18.0 Å². The molecule has 1 aromatic heterocycles. The monoisotopic (exact) mass is 197 g/mol. The highest BCUT2D eigenvalue weighted by Gasteiger charge is 2.19. The van der Waals surface area contributed by atoms with Crippen LogP contribution in [0, 0.1) is 0 Å². The van der Waals surface area contributed by atoms with E-state index in [4.69, 9.17) is 5.73 Å². The van der Waals surface area contributed by atoms with E-state index in [2.05, 4.69) is 18.9 Å². The zero-order valence-corrected chi connectivity index (χ0v) is 8.90. The minimum atomic E-state index is 0.371. The van der Waals surface area contributed by atoms with Crippen LogP contribution in [0.25, 0.3) is 0 Å². The lowest BCUT2D eigenvalue weighted by molar-refractivity contribution is 0.536. The lowest BCUT2D eigenvalue weighted by Crippen LogP contribution is -2.07. The van der Waals surface area contributed by atoms with E-state index in [1.54, 1.807) is 0 Å². The van der Waals surface area contributed by atoms with E-state index in [-0.39, 0.29) is 0 Å². The Balaban J connectivity index is 2.44. The smallest absolute Gasteiger partial charge is 0.125 e. The van der Waals surface area contributed by atoms with Gasteiger partial charge in [-0.05, 0) is 26.0 Å². The second kappa shape index (κ2) is 3.25. The zero-order chi connectivity index (χ0) is 9.42. The third kappa shape index (κ3) is 1.43. The Bertz CT molecular complexity index is 317. The van der Waals surface area contributed by atoms with Gasteiger partial charge in [-0.2, -0.15) is 16.9 Å². The van der Waals surface area contributed by atoms with Crippen LogP contribution in [0.4, 0.5) is 5.82 Å². The highest BCUT2D eigenvalue weighted by atomic mass is 32.2. The number of hydrogen-bond donors (Lipinski definition) is 1. The molecule has 72 valence electrons. The van der Waals surface area contributed by atoms with E-state index < -0.39 is 0 Å². The molecule has 1 aliphatic rings. The van der Waals surface area contributed by atoms with Gasteiger partial charge in [0.1, 0.15) is 5.82 Å². The molecule has 13 heavy (non-hydrogen) atoms. The summed E-state index contributed by atoms with van der Waals surface area (Å²) in [5, 5.41) is 4.52. The first-order valence-electron chi connectivity index (χ1n) is 4.63. The Morgan fingerprint density at radius 1 is 1.54 bits per heavy atom. The van der Waals surface area contributed by atoms with Crippen molar-refractivity contribution in [1.29, 1.82) is 0 Å². The first kappa shape index (κ1) is 8.94. The molecule has 0 saturated carbocycles. The van der Waals surface area contributed by atoms with Gasteiger partial charge in [-0.15, -0.1) is 0 Å². The quantitative estimate of drug-likeness (QED) is 0.747.